The van der Waals surface area contributed by atoms with Crippen molar-refractivity contribution in [2.45, 2.75) is 0 Å². The number of thiazole rings is 1. The van der Waals surface area contributed by atoms with E-state index in [1.165, 1.54) is 11.3 Å². The van der Waals surface area contributed by atoms with Gasteiger partial charge in [-0.3, -0.25) is 10.1 Å². The predicted octanol–water partition coefficient (Wildman–Crippen LogP) is 6.49. The van der Waals surface area contributed by atoms with E-state index >= 15 is 0 Å². The second-order valence-electron chi connectivity index (χ2n) is 6.55. The van der Waals surface area contributed by atoms with E-state index in [1.54, 1.807) is 24.3 Å². The van der Waals surface area contributed by atoms with Gasteiger partial charge in [-0.15, -0.1) is 0 Å². The van der Waals surface area contributed by atoms with E-state index in [0.717, 1.165) is 26.7 Å². The highest BCUT2D eigenvalue weighted by molar-refractivity contribution is 7.22. The minimum Gasteiger partial charge on any atom is -0.457 e. The van der Waals surface area contributed by atoms with Crippen molar-refractivity contribution >= 4 is 43.4 Å². The van der Waals surface area contributed by atoms with Crippen LogP contribution < -0.4 is 10.1 Å². The molecule has 0 radical (unpaired) electrons. The van der Waals surface area contributed by atoms with Crippen LogP contribution in [0.2, 0.25) is 0 Å². The Balaban J connectivity index is 1.35. The Morgan fingerprint density at radius 1 is 0.793 bits per heavy atom. The smallest absolute Gasteiger partial charge is 0.257 e. The van der Waals surface area contributed by atoms with Crippen LogP contribution in [0.3, 0.4) is 0 Å². The van der Waals surface area contributed by atoms with Gasteiger partial charge in [-0.2, -0.15) is 0 Å². The molecule has 0 saturated carbocycles. The molecule has 4 aromatic carbocycles. The van der Waals surface area contributed by atoms with Crippen LogP contribution in [0.25, 0.3) is 21.0 Å². The fraction of sp³-hybridized carbons (Fsp3) is 0. The molecule has 0 aliphatic heterocycles. The van der Waals surface area contributed by atoms with Crippen molar-refractivity contribution in [2.75, 3.05) is 5.32 Å². The lowest BCUT2D eigenvalue weighted by Crippen LogP contribution is -2.11. The van der Waals surface area contributed by atoms with Crippen molar-refractivity contribution in [3.63, 3.8) is 0 Å². The number of anilines is 1. The molecule has 1 amide bonds. The topological polar surface area (TPSA) is 51.2 Å². The summed E-state index contributed by atoms with van der Waals surface area (Å²) in [6, 6.07) is 28.8. The van der Waals surface area contributed by atoms with Crippen molar-refractivity contribution in [2.24, 2.45) is 0 Å². The fourth-order valence-corrected chi connectivity index (χ4v) is 4.06. The number of benzene rings is 4. The van der Waals surface area contributed by atoms with E-state index in [9.17, 15) is 4.79 Å². The molecule has 0 atom stereocenters. The first-order valence-corrected chi connectivity index (χ1v) is 10.0. The van der Waals surface area contributed by atoms with Crippen LogP contribution in [-0.2, 0) is 0 Å². The van der Waals surface area contributed by atoms with Gasteiger partial charge < -0.3 is 4.74 Å². The quantitative estimate of drug-likeness (QED) is 0.377. The van der Waals surface area contributed by atoms with Crippen molar-refractivity contribution in [3.05, 3.63) is 96.6 Å². The zero-order valence-corrected chi connectivity index (χ0v) is 16.1. The van der Waals surface area contributed by atoms with E-state index in [-0.39, 0.29) is 5.91 Å². The van der Waals surface area contributed by atoms with Gasteiger partial charge in [0.2, 0.25) is 0 Å². The summed E-state index contributed by atoms with van der Waals surface area (Å²) in [6.45, 7) is 0. The molecule has 1 heterocycles. The summed E-state index contributed by atoms with van der Waals surface area (Å²) < 4.78 is 6.82. The Bertz CT molecular complexity index is 1310. The van der Waals surface area contributed by atoms with Gasteiger partial charge in [0.15, 0.2) is 5.13 Å². The van der Waals surface area contributed by atoms with Gasteiger partial charge in [-0.05, 0) is 47.9 Å². The largest absolute Gasteiger partial charge is 0.457 e. The highest BCUT2D eigenvalue weighted by atomic mass is 32.1. The molecular weight excluding hydrogens is 380 g/mol. The summed E-state index contributed by atoms with van der Waals surface area (Å²) in [5.74, 6) is 1.24. The third-order valence-electron chi connectivity index (χ3n) is 4.60. The number of carbonyl (C=O) groups is 1. The summed E-state index contributed by atoms with van der Waals surface area (Å²) in [4.78, 5) is 17.3. The van der Waals surface area contributed by atoms with Crippen LogP contribution in [0, 0.1) is 0 Å². The molecule has 0 aliphatic rings. The number of ether oxygens (including phenoxy) is 1. The van der Waals surface area contributed by atoms with E-state index in [4.69, 9.17) is 4.74 Å². The molecule has 5 rings (SSSR count). The summed E-state index contributed by atoms with van der Waals surface area (Å²) in [7, 11) is 0. The van der Waals surface area contributed by atoms with Crippen LogP contribution >= 0.6 is 11.3 Å². The van der Waals surface area contributed by atoms with E-state index in [1.807, 2.05) is 48.5 Å². The number of rotatable bonds is 4. The lowest BCUT2D eigenvalue weighted by Gasteiger charge is -2.06. The van der Waals surface area contributed by atoms with Crippen LogP contribution in [-0.4, -0.2) is 10.9 Å². The first-order valence-electron chi connectivity index (χ1n) is 9.19. The lowest BCUT2D eigenvalue weighted by atomic mass is 10.1. The molecule has 0 aliphatic carbocycles. The van der Waals surface area contributed by atoms with Gasteiger partial charge in [0.25, 0.3) is 5.91 Å². The third-order valence-corrected chi connectivity index (χ3v) is 5.54. The summed E-state index contributed by atoms with van der Waals surface area (Å²) >= 11 is 1.47. The first-order chi connectivity index (χ1) is 14.3. The van der Waals surface area contributed by atoms with E-state index < -0.39 is 0 Å². The number of hydrogen-bond donors (Lipinski definition) is 1. The maximum absolute atomic E-state index is 12.6. The number of nitrogens with one attached hydrogen (secondary N) is 1. The van der Waals surface area contributed by atoms with Crippen molar-refractivity contribution in [1.29, 1.82) is 0 Å². The number of fused-ring (bicyclic) bond motifs is 3. The molecule has 0 bridgehead atoms. The van der Waals surface area contributed by atoms with E-state index in [2.05, 4.69) is 28.5 Å². The predicted molar refractivity (Wildman–Crippen MR) is 118 cm³/mol. The SMILES string of the molecule is O=C(Nc1nc2c(ccc3ccccc32)s1)c1ccc(Oc2ccccc2)cc1. The summed E-state index contributed by atoms with van der Waals surface area (Å²) in [5, 5.41) is 5.72. The maximum atomic E-state index is 12.6. The normalized spacial score (nSPS) is 10.9. The number of amides is 1. The average molecular weight is 396 g/mol. The highest BCUT2D eigenvalue weighted by Gasteiger charge is 2.12. The molecule has 4 nitrogen and oxygen atoms in total. The minimum absolute atomic E-state index is 0.195. The molecular formula is C24H16N2O2S. The number of nitrogens with zero attached hydrogens (tertiary/aromatic N) is 1. The number of aromatic nitrogens is 1. The second-order valence-corrected chi connectivity index (χ2v) is 7.58. The molecule has 29 heavy (non-hydrogen) atoms. The standard InChI is InChI=1S/C24H16N2O2S/c27-23(17-10-13-19(14-11-17)28-18-7-2-1-3-8-18)26-24-25-22-20-9-5-4-6-16(20)12-15-21(22)29-24/h1-15H,(H,25,26,27). The van der Waals surface area contributed by atoms with Crippen LogP contribution in [0.1, 0.15) is 10.4 Å². The Hall–Kier alpha value is -3.70. The van der Waals surface area contributed by atoms with Crippen molar-refractivity contribution in [3.8, 4) is 11.5 Å². The van der Waals surface area contributed by atoms with Crippen molar-refractivity contribution < 1.29 is 9.53 Å². The molecule has 0 fully saturated rings. The minimum atomic E-state index is -0.195. The van der Waals surface area contributed by atoms with Gasteiger partial charge in [-0.25, -0.2) is 4.98 Å². The Morgan fingerprint density at radius 2 is 1.52 bits per heavy atom. The number of hydrogen-bond acceptors (Lipinski definition) is 4. The Kier molecular flexibility index (Phi) is 4.42. The van der Waals surface area contributed by atoms with E-state index in [0.29, 0.717) is 16.4 Å². The number of para-hydroxylation sites is 1. The fourth-order valence-electron chi connectivity index (χ4n) is 3.18. The highest BCUT2D eigenvalue weighted by Crippen LogP contribution is 2.32. The molecule has 1 aromatic heterocycles. The Morgan fingerprint density at radius 3 is 2.34 bits per heavy atom. The molecule has 140 valence electrons. The Labute approximate surface area is 171 Å². The molecule has 0 saturated heterocycles. The van der Waals surface area contributed by atoms with Gasteiger partial charge in [0.05, 0.1) is 10.2 Å². The third kappa shape index (κ3) is 3.56. The molecule has 1 N–H and O–H groups in total. The second kappa shape index (κ2) is 7.37. The summed E-state index contributed by atoms with van der Waals surface area (Å²) in [5.41, 5.74) is 1.46. The zero-order chi connectivity index (χ0) is 19.6. The first kappa shape index (κ1) is 17.4. The lowest BCUT2D eigenvalue weighted by molar-refractivity contribution is 0.102. The maximum Gasteiger partial charge on any atom is 0.257 e. The van der Waals surface area contributed by atoms with Crippen LogP contribution in [0.15, 0.2) is 91.0 Å². The molecule has 0 unspecified atom stereocenters. The average Bonchev–Trinajstić information content (AvgIpc) is 3.18. The van der Waals surface area contributed by atoms with Gasteiger partial charge in [-0.1, -0.05) is 59.9 Å². The zero-order valence-electron chi connectivity index (χ0n) is 15.3. The van der Waals surface area contributed by atoms with Gasteiger partial charge >= 0.3 is 0 Å². The van der Waals surface area contributed by atoms with Crippen molar-refractivity contribution in [1.82, 2.24) is 4.98 Å². The summed E-state index contributed by atoms with van der Waals surface area (Å²) in [6.07, 6.45) is 0. The molecule has 5 heteroatoms. The molecule has 0 spiro atoms. The monoisotopic (exact) mass is 396 g/mol. The van der Waals surface area contributed by atoms with Crippen LogP contribution in [0.5, 0.6) is 11.5 Å². The van der Waals surface area contributed by atoms with Crippen LogP contribution in [0.4, 0.5) is 5.13 Å². The van der Waals surface area contributed by atoms with Gasteiger partial charge in [0.1, 0.15) is 11.5 Å². The molecule has 5 aromatic rings. The number of carbonyl (C=O) groups excluding carboxylic acids is 1. The van der Waals surface area contributed by atoms with Gasteiger partial charge in [0, 0.05) is 10.9 Å².